The molecule has 0 aliphatic heterocycles. The van der Waals surface area contributed by atoms with Crippen LogP contribution in [0.25, 0.3) is 0 Å². The van der Waals surface area contributed by atoms with Gasteiger partial charge in [0.25, 0.3) is 0 Å². The van der Waals surface area contributed by atoms with Crippen LogP contribution in [0.3, 0.4) is 0 Å². The smallest absolute Gasteiger partial charge is 0.341 e. The zero-order valence-corrected chi connectivity index (χ0v) is 14.0. The first-order chi connectivity index (χ1) is 12.8. The highest BCUT2D eigenvalue weighted by Gasteiger charge is 2.47. The Morgan fingerprint density at radius 1 is 0.963 bits per heavy atom. The lowest BCUT2D eigenvalue weighted by Crippen LogP contribution is -2.49. The minimum atomic E-state index is -4.18. The van der Waals surface area contributed by atoms with Gasteiger partial charge in [-0.2, -0.15) is 8.78 Å². The van der Waals surface area contributed by atoms with E-state index in [2.05, 4.69) is 4.74 Å². The number of halogens is 2. The molecule has 142 valence electrons. The molecule has 8 heteroatoms. The molecule has 2 aromatic carbocycles. The number of alkyl halides is 2. The lowest BCUT2D eigenvalue weighted by Gasteiger charge is -2.26. The molecule has 0 aliphatic carbocycles. The van der Waals surface area contributed by atoms with E-state index in [1.165, 1.54) is 36.4 Å². The third-order valence-corrected chi connectivity index (χ3v) is 3.52. The van der Waals surface area contributed by atoms with E-state index in [-0.39, 0.29) is 11.1 Å². The van der Waals surface area contributed by atoms with Crippen LogP contribution in [-0.2, 0) is 14.3 Å². The highest BCUT2D eigenvalue weighted by molar-refractivity contribution is 5.90. The molecule has 1 N–H and O–H groups in total. The molecule has 0 heterocycles. The number of hydrogen-bond donors (Lipinski definition) is 1. The standard InChI is InChI=1S/C19H16F2O6/c20-19(21,12-22)16(27-18(25)14-9-5-2-6-10-14)15(23)11-26-17(24)13-7-3-1-4-8-13/h1-10,12,15-16,23H,11H2. The van der Waals surface area contributed by atoms with Crippen molar-refractivity contribution in [3.05, 3.63) is 71.8 Å². The molecule has 0 amide bonds. The number of hydrogen-bond acceptors (Lipinski definition) is 6. The Balaban J connectivity index is 2.08. The second-order valence-electron chi connectivity index (χ2n) is 5.52. The van der Waals surface area contributed by atoms with Gasteiger partial charge >= 0.3 is 17.9 Å². The Morgan fingerprint density at radius 2 is 1.44 bits per heavy atom. The van der Waals surface area contributed by atoms with Crippen LogP contribution in [0.5, 0.6) is 0 Å². The Labute approximate surface area is 153 Å². The van der Waals surface area contributed by atoms with Crippen LogP contribution in [-0.4, -0.2) is 48.1 Å². The molecule has 0 saturated heterocycles. The van der Waals surface area contributed by atoms with Crippen LogP contribution in [0.1, 0.15) is 20.7 Å². The lowest BCUT2D eigenvalue weighted by molar-refractivity contribution is -0.168. The summed E-state index contributed by atoms with van der Waals surface area (Å²) in [6.45, 7) is -0.899. The summed E-state index contributed by atoms with van der Waals surface area (Å²) in [4.78, 5) is 34.5. The first kappa shape index (κ1) is 20.2. The highest BCUT2D eigenvalue weighted by Crippen LogP contribution is 2.24. The van der Waals surface area contributed by atoms with E-state index in [0.717, 1.165) is 0 Å². The van der Waals surface area contributed by atoms with Crippen molar-refractivity contribution in [2.45, 2.75) is 18.1 Å². The van der Waals surface area contributed by atoms with Crippen molar-refractivity contribution < 1.29 is 37.7 Å². The van der Waals surface area contributed by atoms with E-state index in [0.29, 0.717) is 0 Å². The third-order valence-electron chi connectivity index (χ3n) is 3.52. The van der Waals surface area contributed by atoms with Crippen molar-refractivity contribution in [2.24, 2.45) is 0 Å². The van der Waals surface area contributed by atoms with Gasteiger partial charge in [0, 0.05) is 0 Å². The summed E-state index contributed by atoms with van der Waals surface area (Å²) in [5.74, 6) is -6.20. The topological polar surface area (TPSA) is 89.9 Å². The zero-order valence-electron chi connectivity index (χ0n) is 14.0. The number of carbonyl (C=O) groups excluding carboxylic acids is 3. The summed E-state index contributed by atoms with van der Waals surface area (Å²) in [5, 5.41) is 9.97. The van der Waals surface area contributed by atoms with Crippen LogP contribution in [0.2, 0.25) is 0 Å². The Kier molecular flexibility index (Phi) is 6.73. The fourth-order valence-corrected chi connectivity index (χ4v) is 2.14. The largest absolute Gasteiger partial charge is 0.459 e. The molecule has 2 rings (SSSR count). The molecule has 0 aliphatic rings. The third kappa shape index (κ3) is 5.42. The second-order valence-corrected chi connectivity index (χ2v) is 5.52. The average molecular weight is 378 g/mol. The fraction of sp³-hybridized carbons (Fsp3) is 0.211. The van der Waals surface area contributed by atoms with E-state index < -0.39 is 43.0 Å². The molecular weight excluding hydrogens is 362 g/mol. The average Bonchev–Trinajstić information content (AvgIpc) is 2.70. The summed E-state index contributed by atoms with van der Waals surface area (Å²) >= 11 is 0. The lowest BCUT2D eigenvalue weighted by atomic mass is 10.1. The fourth-order valence-electron chi connectivity index (χ4n) is 2.14. The van der Waals surface area contributed by atoms with E-state index in [1.54, 1.807) is 24.3 Å². The number of ether oxygens (including phenoxy) is 2. The van der Waals surface area contributed by atoms with Gasteiger partial charge in [-0.1, -0.05) is 36.4 Å². The van der Waals surface area contributed by atoms with Crippen LogP contribution in [0.15, 0.2) is 60.7 Å². The monoisotopic (exact) mass is 378 g/mol. The van der Waals surface area contributed by atoms with Crippen LogP contribution >= 0.6 is 0 Å². The van der Waals surface area contributed by atoms with Crippen LogP contribution < -0.4 is 0 Å². The number of aliphatic hydroxyl groups is 1. The predicted octanol–water partition coefficient (Wildman–Crippen LogP) is 2.26. The number of benzene rings is 2. The molecule has 2 aromatic rings. The summed E-state index contributed by atoms with van der Waals surface area (Å²) < 4.78 is 37.1. The maximum absolute atomic E-state index is 13.8. The molecule has 0 spiro atoms. The first-order valence-electron chi connectivity index (χ1n) is 7.85. The molecule has 2 unspecified atom stereocenters. The Morgan fingerprint density at radius 3 is 1.93 bits per heavy atom. The highest BCUT2D eigenvalue weighted by atomic mass is 19.3. The Hall–Kier alpha value is -3.13. The number of aldehydes is 1. The maximum atomic E-state index is 13.8. The van der Waals surface area contributed by atoms with E-state index in [1.807, 2.05) is 0 Å². The van der Waals surface area contributed by atoms with Crippen molar-refractivity contribution in [3.63, 3.8) is 0 Å². The number of esters is 2. The van der Waals surface area contributed by atoms with Crippen LogP contribution in [0, 0.1) is 0 Å². The van der Waals surface area contributed by atoms with E-state index in [4.69, 9.17) is 4.74 Å². The number of rotatable bonds is 8. The molecule has 0 fully saturated rings. The summed E-state index contributed by atoms with van der Waals surface area (Å²) in [7, 11) is 0. The number of carbonyl (C=O) groups is 3. The number of aliphatic hydroxyl groups excluding tert-OH is 1. The van der Waals surface area contributed by atoms with Gasteiger partial charge in [-0.05, 0) is 24.3 Å². The molecule has 0 aromatic heterocycles. The molecule has 2 atom stereocenters. The second kappa shape index (κ2) is 9.00. The zero-order chi connectivity index (χ0) is 19.9. The summed E-state index contributed by atoms with van der Waals surface area (Å²) in [6, 6.07) is 14.9. The van der Waals surface area contributed by atoms with Gasteiger partial charge in [-0.3, -0.25) is 4.79 Å². The minimum absolute atomic E-state index is 0.0438. The van der Waals surface area contributed by atoms with Crippen LogP contribution in [0.4, 0.5) is 8.78 Å². The molecule has 0 bridgehead atoms. The van der Waals surface area contributed by atoms with Gasteiger partial charge in [-0.25, -0.2) is 9.59 Å². The molecule has 27 heavy (non-hydrogen) atoms. The van der Waals surface area contributed by atoms with Crippen molar-refractivity contribution >= 4 is 18.2 Å². The van der Waals surface area contributed by atoms with Crippen molar-refractivity contribution in [1.82, 2.24) is 0 Å². The normalized spacial score (nSPS) is 13.3. The molecule has 0 radical (unpaired) electrons. The SMILES string of the molecule is O=CC(F)(F)C(OC(=O)c1ccccc1)C(O)COC(=O)c1ccccc1. The first-order valence-corrected chi connectivity index (χ1v) is 7.85. The quantitative estimate of drug-likeness (QED) is 0.560. The van der Waals surface area contributed by atoms with Crippen molar-refractivity contribution in [3.8, 4) is 0 Å². The van der Waals surface area contributed by atoms with Crippen molar-refractivity contribution in [2.75, 3.05) is 6.61 Å². The van der Waals surface area contributed by atoms with Gasteiger partial charge in [0.2, 0.25) is 6.10 Å². The maximum Gasteiger partial charge on any atom is 0.341 e. The van der Waals surface area contributed by atoms with Crippen molar-refractivity contribution in [1.29, 1.82) is 0 Å². The minimum Gasteiger partial charge on any atom is -0.459 e. The molecule has 6 nitrogen and oxygen atoms in total. The van der Waals surface area contributed by atoms with Gasteiger partial charge in [0.15, 0.2) is 6.29 Å². The van der Waals surface area contributed by atoms with Gasteiger partial charge in [0.1, 0.15) is 12.7 Å². The van der Waals surface area contributed by atoms with Gasteiger partial charge in [-0.15, -0.1) is 0 Å². The van der Waals surface area contributed by atoms with Gasteiger partial charge < -0.3 is 14.6 Å². The van der Waals surface area contributed by atoms with E-state index >= 15 is 0 Å². The molecular formula is C19H16F2O6. The molecule has 0 saturated carbocycles. The predicted molar refractivity (Wildman–Crippen MR) is 89.4 cm³/mol. The van der Waals surface area contributed by atoms with Gasteiger partial charge in [0.05, 0.1) is 11.1 Å². The summed E-state index contributed by atoms with van der Waals surface area (Å²) in [5.41, 5.74) is 0.0994. The summed E-state index contributed by atoms with van der Waals surface area (Å²) in [6.07, 6.45) is -5.38. The Bertz CT molecular complexity index is 779. The van der Waals surface area contributed by atoms with E-state index in [9.17, 15) is 28.3 Å².